The smallest absolute Gasteiger partial charge is 0.255 e. The maximum atomic E-state index is 12.7. The van der Waals surface area contributed by atoms with Gasteiger partial charge in [-0.2, -0.15) is 5.10 Å². The van der Waals surface area contributed by atoms with Crippen LogP contribution in [0, 0.1) is 0 Å². The van der Waals surface area contributed by atoms with Crippen LogP contribution >= 0.6 is 31.9 Å². The van der Waals surface area contributed by atoms with Gasteiger partial charge >= 0.3 is 0 Å². The maximum Gasteiger partial charge on any atom is 0.255 e. The molecule has 0 unspecified atom stereocenters. The van der Waals surface area contributed by atoms with Crippen molar-refractivity contribution in [2.24, 2.45) is 0 Å². The molecule has 0 aliphatic carbocycles. The Balaban J connectivity index is 1.33. The third kappa shape index (κ3) is 5.99. The predicted molar refractivity (Wildman–Crippen MR) is 130 cm³/mol. The van der Waals surface area contributed by atoms with Gasteiger partial charge in [0.05, 0.1) is 22.6 Å². The van der Waals surface area contributed by atoms with Crippen LogP contribution < -0.4 is 14.8 Å². The Morgan fingerprint density at radius 2 is 1.78 bits per heavy atom. The minimum absolute atomic E-state index is 0.221. The van der Waals surface area contributed by atoms with Crippen molar-refractivity contribution in [2.75, 3.05) is 5.32 Å². The summed E-state index contributed by atoms with van der Waals surface area (Å²) in [7, 11) is 0. The van der Waals surface area contributed by atoms with Gasteiger partial charge in [-0.1, -0.05) is 40.2 Å². The van der Waals surface area contributed by atoms with Gasteiger partial charge in [0.25, 0.3) is 5.91 Å². The number of benzene rings is 3. The zero-order valence-electron chi connectivity index (χ0n) is 16.9. The molecule has 0 saturated heterocycles. The molecule has 0 atom stereocenters. The van der Waals surface area contributed by atoms with Crippen LogP contribution in [0.5, 0.6) is 11.5 Å². The maximum absolute atomic E-state index is 12.7. The van der Waals surface area contributed by atoms with E-state index in [0.29, 0.717) is 17.9 Å². The lowest BCUT2D eigenvalue weighted by Gasteiger charge is -2.09. The SMILES string of the molecule is O=C(Nc1cnn(COc2ccc(Br)cc2)c1)c1cccc(COc2ccccc2Br)c1. The fraction of sp³-hybridized carbons (Fsp3) is 0.0833. The number of carbonyl (C=O) groups excluding carboxylic acids is 1. The normalized spacial score (nSPS) is 10.6. The summed E-state index contributed by atoms with van der Waals surface area (Å²) < 4.78 is 15.0. The van der Waals surface area contributed by atoms with Crippen LogP contribution in [0.1, 0.15) is 15.9 Å². The van der Waals surface area contributed by atoms with Gasteiger partial charge in [-0.25, -0.2) is 4.68 Å². The van der Waals surface area contributed by atoms with Crippen molar-refractivity contribution in [2.45, 2.75) is 13.3 Å². The fourth-order valence-electron chi connectivity index (χ4n) is 2.90. The number of para-hydroxylation sites is 1. The number of rotatable bonds is 8. The van der Waals surface area contributed by atoms with Crippen molar-refractivity contribution in [1.82, 2.24) is 9.78 Å². The lowest BCUT2D eigenvalue weighted by molar-refractivity contribution is 0.102. The van der Waals surface area contributed by atoms with E-state index in [1.165, 1.54) is 0 Å². The molecule has 1 heterocycles. The Morgan fingerprint density at radius 1 is 0.969 bits per heavy atom. The summed E-state index contributed by atoms with van der Waals surface area (Å²) in [5.74, 6) is 1.26. The molecule has 4 rings (SSSR count). The molecule has 8 heteroatoms. The number of nitrogens with one attached hydrogen (secondary N) is 1. The predicted octanol–water partition coefficient (Wildman–Crippen LogP) is 6.28. The van der Waals surface area contributed by atoms with Crippen molar-refractivity contribution in [3.05, 3.63) is 105 Å². The molecule has 0 aliphatic heterocycles. The van der Waals surface area contributed by atoms with E-state index in [0.717, 1.165) is 26.0 Å². The lowest BCUT2D eigenvalue weighted by Crippen LogP contribution is -2.12. The van der Waals surface area contributed by atoms with E-state index in [1.54, 1.807) is 23.1 Å². The molecule has 1 amide bonds. The highest BCUT2D eigenvalue weighted by Crippen LogP contribution is 2.25. The largest absolute Gasteiger partial charge is 0.488 e. The number of hydrogen-bond donors (Lipinski definition) is 1. The summed E-state index contributed by atoms with van der Waals surface area (Å²) in [5.41, 5.74) is 2.02. The second-order valence-corrected chi connectivity index (χ2v) is 8.64. The number of hydrogen-bond acceptors (Lipinski definition) is 4. The summed E-state index contributed by atoms with van der Waals surface area (Å²) in [6, 6.07) is 22.5. The molecule has 1 N–H and O–H groups in total. The van der Waals surface area contributed by atoms with Crippen LogP contribution in [0.2, 0.25) is 0 Å². The van der Waals surface area contributed by atoms with Crippen LogP contribution in [-0.2, 0) is 13.3 Å². The molecular weight excluding hydrogens is 538 g/mol. The first kappa shape index (κ1) is 22.1. The van der Waals surface area contributed by atoms with Gasteiger partial charge in [-0.15, -0.1) is 0 Å². The molecule has 0 fully saturated rings. The minimum atomic E-state index is -0.221. The Morgan fingerprint density at radius 3 is 2.59 bits per heavy atom. The third-order valence-electron chi connectivity index (χ3n) is 4.49. The number of carbonyl (C=O) groups is 1. The van der Waals surface area contributed by atoms with Crippen molar-refractivity contribution in [3.8, 4) is 11.5 Å². The van der Waals surface area contributed by atoms with Gasteiger partial charge in [0.2, 0.25) is 0 Å². The molecule has 0 aliphatic rings. The van der Waals surface area contributed by atoms with Gasteiger partial charge in [0.1, 0.15) is 18.1 Å². The Hall–Kier alpha value is -3.10. The summed E-state index contributed by atoms with van der Waals surface area (Å²) >= 11 is 6.86. The summed E-state index contributed by atoms with van der Waals surface area (Å²) in [4.78, 5) is 12.7. The topological polar surface area (TPSA) is 65.4 Å². The Kier molecular flexibility index (Phi) is 7.24. The number of halogens is 2. The van der Waals surface area contributed by atoms with Gasteiger partial charge in [-0.3, -0.25) is 4.79 Å². The second kappa shape index (κ2) is 10.5. The van der Waals surface area contributed by atoms with Crippen molar-refractivity contribution < 1.29 is 14.3 Å². The third-order valence-corrected chi connectivity index (χ3v) is 5.67. The van der Waals surface area contributed by atoms with Crippen LogP contribution in [0.4, 0.5) is 5.69 Å². The highest BCUT2D eigenvalue weighted by atomic mass is 79.9. The van der Waals surface area contributed by atoms with Gasteiger partial charge < -0.3 is 14.8 Å². The molecule has 0 bridgehead atoms. The first-order valence-electron chi connectivity index (χ1n) is 9.75. The lowest BCUT2D eigenvalue weighted by atomic mass is 10.1. The van der Waals surface area contributed by atoms with Gasteiger partial charge in [-0.05, 0) is 70.0 Å². The van der Waals surface area contributed by atoms with E-state index < -0.39 is 0 Å². The number of nitrogens with zero attached hydrogens (tertiary/aromatic N) is 2. The molecule has 4 aromatic rings. The highest BCUT2D eigenvalue weighted by molar-refractivity contribution is 9.10. The van der Waals surface area contributed by atoms with Gasteiger partial charge in [0.15, 0.2) is 6.73 Å². The van der Waals surface area contributed by atoms with Gasteiger partial charge in [0, 0.05) is 10.0 Å². The summed E-state index contributed by atoms with van der Waals surface area (Å²) in [5, 5.41) is 7.09. The zero-order valence-corrected chi connectivity index (χ0v) is 20.0. The van der Waals surface area contributed by atoms with E-state index in [1.807, 2.05) is 66.7 Å². The van der Waals surface area contributed by atoms with Crippen molar-refractivity contribution >= 4 is 43.5 Å². The molecule has 32 heavy (non-hydrogen) atoms. The van der Waals surface area contributed by atoms with E-state index in [4.69, 9.17) is 9.47 Å². The Labute approximate surface area is 202 Å². The Bertz CT molecular complexity index is 1210. The standard InChI is InChI=1S/C24H19Br2N3O3/c25-19-8-10-21(11-9-19)32-16-29-14-20(13-27-29)28-24(30)18-5-3-4-17(12-18)15-31-23-7-2-1-6-22(23)26/h1-14H,15-16H2,(H,28,30). The van der Waals surface area contributed by atoms with E-state index in [9.17, 15) is 4.79 Å². The quantitative estimate of drug-likeness (QED) is 0.277. The monoisotopic (exact) mass is 555 g/mol. The number of aromatic nitrogens is 2. The number of amides is 1. The molecule has 6 nitrogen and oxygen atoms in total. The zero-order chi connectivity index (χ0) is 22.3. The molecule has 0 saturated carbocycles. The molecule has 1 aromatic heterocycles. The van der Waals surface area contributed by atoms with E-state index >= 15 is 0 Å². The summed E-state index contributed by atoms with van der Waals surface area (Å²) in [6.45, 7) is 0.592. The van der Waals surface area contributed by atoms with Crippen molar-refractivity contribution in [3.63, 3.8) is 0 Å². The van der Waals surface area contributed by atoms with Crippen LogP contribution in [0.25, 0.3) is 0 Å². The number of anilines is 1. The van der Waals surface area contributed by atoms with Crippen LogP contribution in [0.15, 0.2) is 94.1 Å². The average molecular weight is 557 g/mol. The first-order chi connectivity index (χ1) is 15.6. The summed E-state index contributed by atoms with van der Waals surface area (Å²) in [6.07, 6.45) is 3.30. The molecule has 162 valence electrons. The fourth-order valence-corrected chi connectivity index (χ4v) is 3.56. The molecule has 0 spiro atoms. The highest BCUT2D eigenvalue weighted by Gasteiger charge is 2.09. The van der Waals surface area contributed by atoms with Crippen LogP contribution in [-0.4, -0.2) is 15.7 Å². The van der Waals surface area contributed by atoms with E-state index in [-0.39, 0.29) is 12.6 Å². The molecular formula is C24H19Br2N3O3. The average Bonchev–Trinajstić information content (AvgIpc) is 3.25. The van der Waals surface area contributed by atoms with Crippen LogP contribution in [0.3, 0.4) is 0 Å². The minimum Gasteiger partial charge on any atom is -0.488 e. The number of ether oxygens (including phenoxy) is 2. The molecule has 3 aromatic carbocycles. The van der Waals surface area contributed by atoms with Crippen molar-refractivity contribution in [1.29, 1.82) is 0 Å². The molecule has 0 radical (unpaired) electrons. The van der Waals surface area contributed by atoms with E-state index in [2.05, 4.69) is 42.3 Å². The first-order valence-corrected chi connectivity index (χ1v) is 11.3. The second-order valence-electron chi connectivity index (χ2n) is 6.87.